The molecule has 0 saturated carbocycles. The van der Waals surface area contributed by atoms with Crippen LogP contribution in [0.3, 0.4) is 0 Å². The van der Waals surface area contributed by atoms with Crippen molar-refractivity contribution in [1.29, 1.82) is 0 Å². The van der Waals surface area contributed by atoms with Crippen LogP contribution < -0.4 is 0 Å². The molecule has 0 heterocycles. The molecule has 16 heavy (non-hydrogen) atoms. The molecule has 0 atom stereocenters. The van der Waals surface area contributed by atoms with Crippen LogP contribution in [0.4, 0.5) is 0 Å². The molecule has 0 aromatic heterocycles. The number of ketones is 1. The number of hydrogen-bond acceptors (Lipinski definition) is 3. The van der Waals surface area contributed by atoms with Gasteiger partial charge in [-0.2, -0.15) is 0 Å². The predicted molar refractivity (Wildman–Crippen MR) is 62.1 cm³/mol. The second-order valence-electron chi connectivity index (χ2n) is 3.50. The van der Waals surface area contributed by atoms with Crippen molar-refractivity contribution in [3.8, 4) is 0 Å². The molecular weight excluding hydrogens is 204 g/mol. The fraction of sp³-hybridized carbons (Fsp3) is 0.231. The lowest BCUT2D eigenvalue weighted by atomic mass is 10.1. The smallest absolute Gasteiger partial charge is 0.337 e. The largest absolute Gasteiger partial charge is 0.465 e. The van der Waals surface area contributed by atoms with Crippen LogP contribution in [0.15, 0.2) is 29.8 Å². The van der Waals surface area contributed by atoms with Gasteiger partial charge in [0.25, 0.3) is 0 Å². The molecule has 1 rings (SSSR count). The first-order chi connectivity index (χ1) is 7.54. The summed E-state index contributed by atoms with van der Waals surface area (Å²) in [5, 5.41) is 0. The highest BCUT2D eigenvalue weighted by molar-refractivity contribution is 5.97. The van der Waals surface area contributed by atoms with Crippen LogP contribution in [0.25, 0.3) is 6.08 Å². The lowest BCUT2D eigenvalue weighted by Crippen LogP contribution is -2.00. The molecule has 0 aliphatic heterocycles. The van der Waals surface area contributed by atoms with Gasteiger partial charge in [-0.05, 0) is 43.2 Å². The summed E-state index contributed by atoms with van der Waals surface area (Å²) in [4.78, 5) is 22.2. The molecule has 3 nitrogen and oxygen atoms in total. The van der Waals surface area contributed by atoms with Gasteiger partial charge in [0.1, 0.15) is 0 Å². The van der Waals surface area contributed by atoms with E-state index >= 15 is 0 Å². The number of hydrogen-bond donors (Lipinski definition) is 0. The Morgan fingerprint density at radius 3 is 2.12 bits per heavy atom. The third-order valence-corrected chi connectivity index (χ3v) is 2.27. The molecule has 1 aromatic carbocycles. The van der Waals surface area contributed by atoms with E-state index in [-0.39, 0.29) is 11.8 Å². The summed E-state index contributed by atoms with van der Waals surface area (Å²) in [7, 11) is 1.34. The molecule has 3 heteroatoms. The minimum Gasteiger partial charge on any atom is -0.465 e. The molecular formula is C13H14O3. The summed E-state index contributed by atoms with van der Waals surface area (Å²) in [5.41, 5.74) is 2.08. The van der Waals surface area contributed by atoms with Crippen molar-refractivity contribution in [2.24, 2.45) is 0 Å². The third-order valence-electron chi connectivity index (χ3n) is 2.27. The van der Waals surface area contributed by atoms with E-state index in [1.165, 1.54) is 14.0 Å². The van der Waals surface area contributed by atoms with E-state index < -0.39 is 0 Å². The van der Waals surface area contributed by atoms with Crippen LogP contribution in [0.2, 0.25) is 0 Å². The number of ether oxygens (including phenoxy) is 1. The van der Waals surface area contributed by atoms with Crippen molar-refractivity contribution in [3.05, 3.63) is 41.0 Å². The highest BCUT2D eigenvalue weighted by Gasteiger charge is 2.03. The quantitative estimate of drug-likeness (QED) is 0.578. The third kappa shape index (κ3) is 3.05. The fourth-order valence-electron chi connectivity index (χ4n) is 1.18. The average Bonchev–Trinajstić information content (AvgIpc) is 2.28. The zero-order valence-corrected chi connectivity index (χ0v) is 9.61. The van der Waals surface area contributed by atoms with E-state index in [1.54, 1.807) is 37.3 Å². The minimum absolute atomic E-state index is 0.0389. The molecule has 0 saturated heterocycles. The maximum Gasteiger partial charge on any atom is 0.337 e. The Balaban J connectivity index is 2.91. The van der Waals surface area contributed by atoms with Crippen molar-refractivity contribution in [1.82, 2.24) is 0 Å². The van der Waals surface area contributed by atoms with Crippen molar-refractivity contribution in [3.63, 3.8) is 0 Å². The molecule has 0 spiro atoms. The molecule has 0 unspecified atom stereocenters. The minimum atomic E-state index is -0.362. The van der Waals surface area contributed by atoms with Crippen LogP contribution in [0.5, 0.6) is 0 Å². The molecule has 0 aliphatic rings. The van der Waals surface area contributed by atoms with Crippen molar-refractivity contribution >= 4 is 17.8 Å². The number of allylic oxidation sites excluding steroid dienone is 1. The molecule has 1 aromatic rings. The molecule has 0 fully saturated rings. The molecule has 0 N–H and O–H groups in total. The summed E-state index contributed by atoms with van der Waals surface area (Å²) in [6.45, 7) is 3.28. The van der Waals surface area contributed by atoms with Crippen molar-refractivity contribution in [2.45, 2.75) is 13.8 Å². The van der Waals surface area contributed by atoms with Gasteiger partial charge in [0, 0.05) is 0 Å². The fourth-order valence-corrected chi connectivity index (χ4v) is 1.18. The van der Waals surface area contributed by atoms with Crippen molar-refractivity contribution in [2.75, 3.05) is 7.11 Å². The normalized spacial score (nSPS) is 11.1. The average molecular weight is 218 g/mol. The van der Waals surface area contributed by atoms with Gasteiger partial charge in [0.15, 0.2) is 5.78 Å². The van der Waals surface area contributed by atoms with Gasteiger partial charge in [-0.15, -0.1) is 0 Å². The van der Waals surface area contributed by atoms with Crippen LogP contribution in [0.1, 0.15) is 29.8 Å². The summed E-state index contributed by atoms with van der Waals surface area (Å²) in [6, 6.07) is 6.90. The van der Waals surface area contributed by atoms with Gasteiger partial charge >= 0.3 is 5.97 Å². The Labute approximate surface area is 94.7 Å². The van der Waals surface area contributed by atoms with Crippen molar-refractivity contribution < 1.29 is 14.3 Å². The highest BCUT2D eigenvalue weighted by atomic mass is 16.5. The van der Waals surface area contributed by atoms with E-state index in [0.29, 0.717) is 11.1 Å². The van der Waals surface area contributed by atoms with E-state index in [9.17, 15) is 9.59 Å². The van der Waals surface area contributed by atoms with E-state index in [2.05, 4.69) is 4.74 Å². The summed E-state index contributed by atoms with van der Waals surface area (Å²) in [6.07, 6.45) is 1.78. The van der Waals surface area contributed by atoms with Gasteiger partial charge in [-0.1, -0.05) is 12.1 Å². The highest BCUT2D eigenvalue weighted by Crippen LogP contribution is 2.10. The lowest BCUT2D eigenvalue weighted by molar-refractivity contribution is -0.113. The first-order valence-corrected chi connectivity index (χ1v) is 4.92. The number of carbonyl (C=O) groups excluding carboxylic acids is 2. The Hall–Kier alpha value is -1.90. The Bertz CT molecular complexity index is 427. The number of esters is 1. The van der Waals surface area contributed by atoms with Gasteiger partial charge in [0.05, 0.1) is 12.7 Å². The van der Waals surface area contributed by atoms with Crippen LogP contribution >= 0.6 is 0 Å². The molecule has 0 bridgehead atoms. The molecule has 0 amide bonds. The van der Waals surface area contributed by atoms with Gasteiger partial charge in [0.2, 0.25) is 0 Å². The van der Waals surface area contributed by atoms with Crippen LogP contribution in [-0.4, -0.2) is 18.9 Å². The van der Waals surface area contributed by atoms with E-state index in [0.717, 1.165) is 5.56 Å². The first-order valence-electron chi connectivity index (χ1n) is 4.92. The monoisotopic (exact) mass is 218 g/mol. The van der Waals surface area contributed by atoms with Gasteiger partial charge in [-0.25, -0.2) is 4.79 Å². The molecule has 84 valence electrons. The van der Waals surface area contributed by atoms with Crippen LogP contribution in [-0.2, 0) is 9.53 Å². The topological polar surface area (TPSA) is 43.4 Å². The standard InChI is InChI=1S/C13H14O3/c1-9(10(2)14)8-11-4-6-12(7-5-11)13(15)16-3/h4-8H,1-3H3/b9-8-. The maximum atomic E-state index is 11.2. The maximum absolute atomic E-state index is 11.2. The second-order valence-corrected chi connectivity index (χ2v) is 3.50. The first kappa shape index (κ1) is 12.2. The van der Waals surface area contributed by atoms with E-state index in [4.69, 9.17) is 0 Å². The van der Waals surface area contributed by atoms with Gasteiger partial charge in [-0.3, -0.25) is 4.79 Å². The molecule has 0 radical (unpaired) electrons. The zero-order valence-electron chi connectivity index (χ0n) is 9.61. The number of Topliss-reactive ketones (excluding diaryl/α,β-unsaturated/α-hetero) is 1. The lowest BCUT2D eigenvalue weighted by Gasteiger charge is -2.00. The summed E-state index contributed by atoms with van der Waals surface area (Å²) in [5.74, 6) is -0.323. The van der Waals surface area contributed by atoms with Gasteiger partial charge < -0.3 is 4.74 Å². The number of benzene rings is 1. The Kier molecular flexibility index (Phi) is 4.00. The zero-order chi connectivity index (χ0) is 12.1. The van der Waals surface area contributed by atoms with E-state index in [1.807, 2.05) is 0 Å². The summed E-state index contributed by atoms with van der Waals surface area (Å²) >= 11 is 0. The number of rotatable bonds is 3. The Morgan fingerprint density at radius 2 is 1.69 bits per heavy atom. The number of carbonyl (C=O) groups is 2. The second kappa shape index (κ2) is 5.26. The SMILES string of the molecule is COC(=O)c1ccc(/C=C(/C)C(C)=O)cc1. The molecule has 0 aliphatic carbocycles. The Morgan fingerprint density at radius 1 is 1.12 bits per heavy atom. The summed E-state index contributed by atoms with van der Waals surface area (Å²) < 4.78 is 4.59. The van der Waals surface area contributed by atoms with Crippen LogP contribution in [0, 0.1) is 0 Å². The predicted octanol–water partition coefficient (Wildman–Crippen LogP) is 2.47. The number of methoxy groups -OCH3 is 1.